The topological polar surface area (TPSA) is 95.7 Å². The number of aliphatic hydroxyl groups is 1. The van der Waals surface area contributed by atoms with E-state index < -0.39 is 5.54 Å². The molecule has 0 aliphatic heterocycles. The molecule has 2 heterocycles. The molecule has 0 atom stereocenters. The SMILES string of the molecule is Cc1nc2c(C)cccn2c1C(=O)NCCCC(=O)NC(C)(C)CO. The fraction of sp³-hybridized carbons (Fsp3) is 0.500. The Morgan fingerprint density at radius 1 is 1.32 bits per heavy atom. The second-order valence-electron chi connectivity index (χ2n) is 6.88. The van der Waals surface area contributed by atoms with E-state index in [1.54, 1.807) is 18.2 Å². The number of hydrogen-bond donors (Lipinski definition) is 3. The minimum atomic E-state index is -0.633. The number of nitrogens with one attached hydrogen (secondary N) is 2. The molecule has 0 saturated heterocycles. The number of aromatic nitrogens is 2. The number of aliphatic hydroxyl groups excluding tert-OH is 1. The van der Waals surface area contributed by atoms with E-state index in [1.165, 1.54) is 0 Å². The van der Waals surface area contributed by atoms with E-state index in [-0.39, 0.29) is 24.8 Å². The van der Waals surface area contributed by atoms with Crippen molar-refractivity contribution < 1.29 is 14.7 Å². The molecule has 25 heavy (non-hydrogen) atoms. The van der Waals surface area contributed by atoms with Crippen LogP contribution in [0.25, 0.3) is 5.65 Å². The molecule has 0 fully saturated rings. The second-order valence-corrected chi connectivity index (χ2v) is 6.88. The molecule has 0 radical (unpaired) electrons. The zero-order valence-electron chi connectivity index (χ0n) is 15.2. The van der Waals surface area contributed by atoms with Crippen molar-refractivity contribution in [3.8, 4) is 0 Å². The predicted octanol–water partition coefficient (Wildman–Crippen LogP) is 1.35. The molecule has 3 N–H and O–H groups in total. The van der Waals surface area contributed by atoms with E-state index in [4.69, 9.17) is 5.11 Å². The lowest BCUT2D eigenvalue weighted by Crippen LogP contribution is -2.46. The van der Waals surface area contributed by atoms with Crippen LogP contribution in [0.3, 0.4) is 0 Å². The lowest BCUT2D eigenvalue weighted by Gasteiger charge is -2.23. The number of carbonyl (C=O) groups is 2. The molecule has 2 amide bonds. The summed E-state index contributed by atoms with van der Waals surface area (Å²) in [5.74, 6) is -0.346. The van der Waals surface area contributed by atoms with E-state index in [9.17, 15) is 9.59 Å². The molecule has 136 valence electrons. The number of fused-ring (bicyclic) bond motifs is 1. The number of rotatable bonds is 7. The highest BCUT2D eigenvalue weighted by Crippen LogP contribution is 2.15. The van der Waals surface area contributed by atoms with Gasteiger partial charge in [-0.3, -0.25) is 14.0 Å². The standard InChI is InChI=1S/C18H26N4O3/c1-12-7-6-10-22-15(13(2)20-16(12)22)17(25)19-9-5-8-14(24)21-18(3,4)11-23/h6-7,10,23H,5,8-9,11H2,1-4H3,(H,19,25)(H,21,24). The number of aryl methyl sites for hydroxylation is 2. The largest absolute Gasteiger partial charge is 0.394 e. The van der Waals surface area contributed by atoms with Gasteiger partial charge in [-0.2, -0.15) is 0 Å². The van der Waals surface area contributed by atoms with Crippen molar-refractivity contribution in [1.29, 1.82) is 0 Å². The van der Waals surface area contributed by atoms with Gasteiger partial charge in [0.05, 0.1) is 17.8 Å². The van der Waals surface area contributed by atoms with Crippen molar-refractivity contribution in [3.63, 3.8) is 0 Å². The first-order valence-corrected chi connectivity index (χ1v) is 8.39. The predicted molar refractivity (Wildman–Crippen MR) is 95.5 cm³/mol. The highest BCUT2D eigenvalue weighted by Gasteiger charge is 2.19. The average Bonchev–Trinajstić information content (AvgIpc) is 2.88. The summed E-state index contributed by atoms with van der Waals surface area (Å²) in [7, 11) is 0. The summed E-state index contributed by atoms with van der Waals surface area (Å²) in [4.78, 5) is 28.7. The normalized spacial score (nSPS) is 11.6. The van der Waals surface area contributed by atoms with Crippen LogP contribution in [0.5, 0.6) is 0 Å². The van der Waals surface area contributed by atoms with Gasteiger partial charge in [-0.05, 0) is 45.7 Å². The van der Waals surface area contributed by atoms with Gasteiger partial charge < -0.3 is 15.7 Å². The Morgan fingerprint density at radius 2 is 2.04 bits per heavy atom. The van der Waals surface area contributed by atoms with Gasteiger partial charge in [0.25, 0.3) is 5.91 Å². The summed E-state index contributed by atoms with van der Waals surface area (Å²) in [6.07, 6.45) is 2.63. The van der Waals surface area contributed by atoms with Crippen LogP contribution in [-0.2, 0) is 4.79 Å². The minimum absolute atomic E-state index is 0.123. The van der Waals surface area contributed by atoms with Gasteiger partial charge in [0.2, 0.25) is 5.91 Å². The zero-order chi connectivity index (χ0) is 18.6. The Balaban J connectivity index is 1.91. The fourth-order valence-corrected chi connectivity index (χ4v) is 2.60. The Labute approximate surface area is 147 Å². The van der Waals surface area contributed by atoms with Gasteiger partial charge >= 0.3 is 0 Å². The number of hydrogen-bond acceptors (Lipinski definition) is 4. The molecular formula is C18H26N4O3. The Kier molecular flexibility index (Phi) is 5.79. The fourth-order valence-electron chi connectivity index (χ4n) is 2.60. The van der Waals surface area contributed by atoms with Crippen molar-refractivity contribution in [2.24, 2.45) is 0 Å². The van der Waals surface area contributed by atoms with Crippen LogP contribution in [0.15, 0.2) is 18.3 Å². The van der Waals surface area contributed by atoms with Crippen LogP contribution in [0, 0.1) is 13.8 Å². The first-order chi connectivity index (χ1) is 11.7. The lowest BCUT2D eigenvalue weighted by atomic mass is 10.1. The molecule has 2 aromatic heterocycles. The maximum atomic E-state index is 12.5. The van der Waals surface area contributed by atoms with Crippen LogP contribution in [0.1, 0.15) is 48.4 Å². The van der Waals surface area contributed by atoms with E-state index >= 15 is 0 Å². The summed E-state index contributed by atoms with van der Waals surface area (Å²) in [5, 5.41) is 14.7. The summed E-state index contributed by atoms with van der Waals surface area (Å²) in [5.41, 5.74) is 2.34. The van der Waals surface area contributed by atoms with E-state index in [1.807, 2.05) is 32.2 Å². The van der Waals surface area contributed by atoms with E-state index in [2.05, 4.69) is 15.6 Å². The minimum Gasteiger partial charge on any atom is -0.394 e. The van der Waals surface area contributed by atoms with Crippen LogP contribution >= 0.6 is 0 Å². The summed E-state index contributed by atoms with van der Waals surface area (Å²) in [6.45, 7) is 7.54. The van der Waals surface area contributed by atoms with Gasteiger partial charge in [0.15, 0.2) is 0 Å². The van der Waals surface area contributed by atoms with Crippen molar-refractivity contribution in [3.05, 3.63) is 35.3 Å². The van der Waals surface area contributed by atoms with Gasteiger partial charge in [-0.15, -0.1) is 0 Å². The summed E-state index contributed by atoms with van der Waals surface area (Å²) < 4.78 is 1.79. The number of carbonyl (C=O) groups excluding carboxylic acids is 2. The average molecular weight is 346 g/mol. The van der Waals surface area contributed by atoms with Gasteiger partial charge in [-0.1, -0.05) is 6.07 Å². The van der Waals surface area contributed by atoms with Crippen LogP contribution in [0.2, 0.25) is 0 Å². The highest BCUT2D eigenvalue weighted by atomic mass is 16.3. The number of pyridine rings is 1. The zero-order valence-corrected chi connectivity index (χ0v) is 15.2. The molecule has 0 aromatic carbocycles. The van der Waals surface area contributed by atoms with Gasteiger partial charge in [0, 0.05) is 19.2 Å². The monoisotopic (exact) mass is 346 g/mol. The lowest BCUT2D eigenvalue weighted by molar-refractivity contribution is -0.123. The number of nitrogens with zero attached hydrogens (tertiary/aromatic N) is 2. The molecular weight excluding hydrogens is 320 g/mol. The Morgan fingerprint density at radius 3 is 2.72 bits per heavy atom. The Bertz CT molecular complexity index is 780. The second kappa shape index (κ2) is 7.65. The molecule has 7 heteroatoms. The van der Waals surface area contributed by atoms with Crippen molar-refractivity contribution in [2.75, 3.05) is 13.2 Å². The maximum Gasteiger partial charge on any atom is 0.270 e. The van der Waals surface area contributed by atoms with E-state index in [0.29, 0.717) is 24.4 Å². The van der Waals surface area contributed by atoms with Crippen LogP contribution in [-0.4, -0.2) is 45.0 Å². The van der Waals surface area contributed by atoms with E-state index in [0.717, 1.165) is 11.2 Å². The number of amides is 2. The van der Waals surface area contributed by atoms with Gasteiger partial charge in [-0.25, -0.2) is 4.98 Å². The van der Waals surface area contributed by atoms with Crippen molar-refractivity contribution in [1.82, 2.24) is 20.0 Å². The highest BCUT2D eigenvalue weighted by molar-refractivity contribution is 5.94. The quantitative estimate of drug-likeness (QED) is 0.660. The number of imidazole rings is 1. The summed E-state index contributed by atoms with van der Waals surface area (Å²) in [6, 6.07) is 3.84. The molecule has 7 nitrogen and oxygen atoms in total. The first kappa shape index (κ1) is 18.9. The summed E-state index contributed by atoms with van der Waals surface area (Å²) >= 11 is 0. The molecule has 0 aliphatic carbocycles. The smallest absolute Gasteiger partial charge is 0.270 e. The molecule has 0 spiro atoms. The maximum absolute atomic E-state index is 12.5. The third kappa shape index (κ3) is 4.57. The third-order valence-electron chi connectivity index (χ3n) is 3.97. The molecule has 0 saturated carbocycles. The molecule has 2 aromatic rings. The van der Waals surface area contributed by atoms with Gasteiger partial charge in [0.1, 0.15) is 11.3 Å². The van der Waals surface area contributed by atoms with Crippen molar-refractivity contribution >= 4 is 17.5 Å². The molecule has 0 aliphatic rings. The van der Waals surface area contributed by atoms with Crippen molar-refractivity contribution in [2.45, 2.75) is 46.1 Å². The first-order valence-electron chi connectivity index (χ1n) is 8.39. The third-order valence-corrected chi connectivity index (χ3v) is 3.97. The molecule has 2 rings (SSSR count). The van der Waals surface area contributed by atoms with Crippen LogP contribution < -0.4 is 10.6 Å². The molecule has 0 unspecified atom stereocenters. The Hall–Kier alpha value is -2.41. The molecule has 0 bridgehead atoms. The van der Waals surface area contributed by atoms with Crippen LogP contribution in [0.4, 0.5) is 0 Å².